The topological polar surface area (TPSA) is 65.0 Å². The zero-order chi connectivity index (χ0) is 13.8. The molecule has 6 heteroatoms. The van der Waals surface area contributed by atoms with Crippen LogP contribution in [0.1, 0.15) is 22.8 Å². The Balaban J connectivity index is 2.39. The van der Waals surface area contributed by atoms with E-state index < -0.39 is 5.97 Å². The van der Waals surface area contributed by atoms with Crippen LogP contribution in [0.15, 0.2) is 24.5 Å². The zero-order valence-corrected chi connectivity index (χ0v) is 11.3. The molecule has 0 unspecified atom stereocenters. The summed E-state index contributed by atoms with van der Waals surface area (Å²) in [5, 5.41) is 0.0634. The number of pyridine rings is 1. The lowest BCUT2D eigenvalue weighted by molar-refractivity contribution is 0.0525. The van der Waals surface area contributed by atoms with Crippen molar-refractivity contribution >= 4 is 17.6 Å². The fourth-order valence-corrected chi connectivity index (χ4v) is 1.75. The molecule has 0 saturated heterocycles. The van der Waals surface area contributed by atoms with E-state index in [-0.39, 0.29) is 17.3 Å². The van der Waals surface area contributed by atoms with Crippen molar-refractivity contribution in [2.75, 3.05) is 6.61 Å². The molecule has 19 heavy (non-hydrogen) atoms. The molecule has 0 spiro atoms. The Labute approximate surface area is 115 Å². The second-order valence-corrected chi connectivity index (χ2v) is 4.15. The molecule has 5 nitrogen and oxygen atoms in total. The summed E-state index contributed by atoms with van der Waals surface area (Å²) in [4.78, 5) is 24.0. The van der Waals surface area contributed by atoms with Crippen LogP contribution in [0.5, 0.6) is 0 Å². The molecule has 0 bridgehead atoms. The molecule has 0 radical (unpaired) electrons. The van der Waals surface area contributed by atoms with Gasteiger partial charge in [-0.2, -0.15) is 0 Å². The van der Waals surface area contributed by atoms with Crippen LogP contribution in [0, 0.1) is 6.92 Å². The van der Waals surface area contributed by atoms with Gasteiger partial charge in [0.05, 0.1) is 6.61 Å². The molecule has 0 saturated carbocycles. The number of aromatic nitrogens is 3. The van der Waals surface area contributed by atoms with Crippen molar-refractivity contribution in [3.05, 3.63) is 40.8 Å². The Kier molecular flexibility index (Phi) is 4.06. The fourth-order valence-electron chi connectivity index (χ4n) is 1.54. The van der Waals surface area contributed by atoms with Crippen molar-refractivity contribution < 1.29 is 9.53 Å². The van der Waals surface area contributed by atoms with Crippen molar-refractivity contribution in [3.63, 3.8) is 0 Å². The Hall–Kier alpha value is -2.01. The summed E-state index contributed by atoms with van der Waals surface area (Å²) in [6, 6.07) is 3.73. The van der Waals surface area contributed by atoms with Gasteiger partial charge in [-0.05, 0) is 25.5 Å². The second kappa shape index (κ2) is 5.75. The van der Waals surface area contributed by atoms with Crippen molar-refractivity contribution in [2.24, 2.45) is 0 Å². The van der Waals surface area contributed by atoms with E-state index in [1.165, 1.54) is 6.20 Å². The Morgan fingerprint density at radius 3 is 2.84 bits per heavy atom. The van der Waals surface area contributed by atoms with Gasteiger partial charge < -0.3 is 4.74 Å². The van der Waals surface area contributed by atoms with Gasteiger partial charge in [0.25, 0.3) is 0 Å². The highest BCUT2D eigenvalue weighted by molar-refractivity contribution is 6.32. The molecule has 0 aromatic carbocycles. The van der Waals surface area contributed by atoms with E-state index >= 15 is 0 Å². The first-order chi connectivity index (χ1) is 9.13. The van der Waals surface area contributed by atoms with Crippen LogP contribution >= 0.6 is 11.6 Å². The molecule has 98 valence electrons. The van der Waals surface area contributed by atoms with E-state index in [0.717, 1.165) is 5.56 Å². The third kappa shape index (κ3) is 2.88. The number of hydrogen-bond acceptors (Lipinski definition) is 5. The van der Waals surface area contributed by atoms with Crippen LogP contribution in [-0.4, -0.2) is 27.5 Å². The predicted molar refractivity (Wildman–Crippen MR) is 71.0 cm³/mol. The molecule has 0 aliphatic heterocycles. The molecule has 0 aliphatic rings. The molecule has 0 N–H and O–H groups in total. The average Bonchev–Trinajstić information content (AvgIpc) is 2.39. The van der Waals surface area contributed by atoms with E-state index in [0.29, 0.717) is 11.5 Å². The molecule has 0 aliphatic carbocycles. The number of aryl methyl sites for hydroxylation is 1. The van der Waals surface area contributed by atoms with Crippen LogP contribution in [0.25, 0.3) is 11.5 Å². The number of carbonyl (C=O) groups is 1. The first-order valence-electron chi connectivity index (χ1n) is 5.75. The number of esters is 1. The standard InChI is InChI=1S/C13H12ClN3O2/c1-3-19-13(18)9-7-16-12(17-11(9)14)10-8(2)5-4-6-15-10/h4-7H,3H2,1-2H3. The van der Waals surface area contributed by atoms with Crippen molar-refractivity contribution in [2.45, 2.75) is 13.8 Å². The Bertz CT molecular complexity index is 617. The summed E-state index contributed by atoms with van der Waals surface area (Å²) in [5.74, 6) is -0.145. The highest BCUT2D eigenvalue weighted by Gasteiger charge is 2.16. The molecular formula is C13H12ClN3O2. The summed E-state index contributed by atoms with van der Waals surface area (Å²) in [5.41, 5.74) is 1.73. The second-order valence-electron chi connectivity index (χ2n) is 3.79. The first kappa shape index (κ1) is 13.4. The lowest BCUT2D eigenvalue weighted by Gasteiger charge is -2.06. The minimum absolute atomic E-state index is 0.0634. The summed E-state index contributed by atoms with van der Waals surface area (Å²) in [6.45, 7) is 3.90. The van der Waals surface area contributed by atoms with Gasteiger partial charge in [-0.3, -0.25) is 4.98 Å². The molecule has 2 aromatic rings. The van der Waals surface area contributed by atoms with Crippen LogP contribution in [-0.2, 0) is 4.74 Å². The summed E-state index contributed by atoms with van der Waals surface area (Å²) >= 11 is 5.98. The van der Waals surface area contributed by atoms with Crippen LogP contribution in [0.3, 0.4) is 0 Å². The van der Waals surface area contributed by atoms with Crippen molar-refractivity contribution in [3.8, 4) is 11.5 Å². The van der Waals surface area contributed by atoms with E-state index in [1.54, 1.807) is 13.1 Å². The van der Waals surface area contributed by atoms with Gasteiger partial charge in [0.1, 0.15) is 16.4 Å². The van der Waals surface area contributed by atoms with Crippen molar-refractivity contribution in [1.29, 1.82) is 0 Å². The third-order valence-corrected chi connectivity index (χ3v) is 2.75. The van der Waals surface area contributed by atoms with Gasteiger partial charge in [0.15, 0.2) is 5.82 Å². The molecule has 2 heterocycles. The zero-order valence-electron chi connectivity index (χ0n) is 10.6. The van der Waals surface area contributed by atoms with E-state index in [1.807, 2.05) is 19.1 Å². The van der Waals surface area contributed by atoms with Crippen LogP contribution in [0.2, 0.25) is 5.15 Å². The van der Waals surface area contributed by atoms with E-state index in [9.17, 15) is 4.79 Å². The third-order valence-electron chi connectivity index (χ3n) is 2.46. The lowest BCUT2D eigenvalue weighted by Crippen LogP contribution is -2.08. The summed E-state index contributed by atoms with van der Waals surface area (Å²) < 4.78 is 4.86. The smallest absolute Gasteiger partial charge is 0.342 e. The number of ether oxygens (including phenoxy) is 1. The maximum absolute atomic E-state index is 11.6. The largest absolute Gasteiger partial charge is 0.462 e. The van der Waals surface area contributed by atoms with Gasteiger partial charge in [-0.1, -0.05) is 17.7 Å². The number of nitrogens with zero attached hydrogens (tertiary/aromatic N) is 3. The number of halogens is 1. The molecule has 0 amide bonds. The Morgan fingerprint density at radius 1 is 1.42 bits per heavy atom. The number of hydrogen-bond donors (Lipinski definition) is 0. The minimum atomic E-state index is -0.531. The monoisotopic (exact) mass is 277 g/mol. The Morgan fingerprint density at radius 2 is 2.21 bits per heavy atom. The molecule has 0 fully saturated rings. The number of rotatable bonds is 3. The van der Waals surface area contributed by atoms with Gasteiger partial charge in [0.2, 0.25) is 0 Å². The number of carbonyl (C=O) groups excluding carboxylic acids is 1. The van der Waals surface area contributed by atoms with Gasteiger partial charge in [0, 0.05) is 12.4 Å². The maximum atomic E-state index is 11.6. The fraction of sp³-hybridized carbons (Fsp3) is 0.231. The highest BCUT2D eigenvalue weighted by Crippen LogP contribution is 2.20. The van der Waals surface area contributed by atoms with E-state index in [4.69, 9.17) is 16.3 Å². The normalized spacial score (nSPS) is 10.3. The summed E-state index contributed by atoms with van der Waals surface area (Å²) in [7, 11) is 0. The minimum Gasteiger partial charge on any atom is -0.462 e. The molecular weight excluding hydrogens is 266 g/mol. The SMILES string of the molecule is CCOC(=O)c1cnc(-c2ncccc2C)nc1Cl. The lowest BCUT2D eigenvalue weighted by atomic mass is 10.2. The van der Waals surface area contributed by atoms with E-state index in [2.05, 4.69) is 15.0 Å². The van der Waals surface area contributed by atoms with Crippen LogP contribution in [0.4, 0.5) is 0 Å². The highest BCUT2D eigenvalue weighted by atomic mass is 35.5. The quantitative estimate of drug-likeness (QED) is 0.637. The average molecular weight is 278 g/mol. The maximum Gasteiger partial charge on any atom is 0.342 e. The van der Waals surface area contributed by atoms with Crippen molar-refractivity contribution in [1.82, 2.24) is 15.0 Å². The van der Waals surface area contributed by atoms with Gasteiger partial charge >= 0.3 is 5.97 Å². The molecule has 2 aromatic heterocycles. The summed E-state index contributed by atoms with van der Waals surface area (Å²) in [6.07, 6.45) is 3.01. The first-order valence-corrected chi connectivity index (χ1v) is 6.13. The van der Waals surface area contributed by atoms with Crippen LogP contribution < -0.4 is 0 Å². The van der Waals surface area contributed by atoms with Gasteiger partial charge in [-0.25, -0.2) is 14.8 Å². The predicted octanol–water partition coefficient (Wildman–Crippen LogP) is 2.68. The molecule has 0 atom stereocenters. The molecule has 2 rings (SSSR count). The van der Waals surface area contributed by atoms with Gasteiger partial charge in [-0.15, -0.1) is 0 Å².